The number of pyridine rings is 1. The number of nitrogens with zero attached hydrogens (tertiary/aromatic N) is 3. The predicted octanol–water partition coefficient (Wildman–Crippen LogP) is 4.98. The lowest BCUT2D eigenvalue weighted by atomic mass is 9.93. The maximum atomic E-state index is 5.42. The Morgan fingerprint density at radius 2 is 2.06 bits per heavy atom. The molecule has 0 saturated carbocycles. The van der Waals surface area contributed by atoms with Gasteiger partial charge >= 0.3 is 0 Å². The molecule has 0 spiro atoms. The Kier molecular flexibility index (Phi) is 5.73. The number of nitrogens with one attached hydrogen (secondary N) is 1. The maximum absolute atomic E-state index is 5.42. The van der Waals surface area contributed by atoms with E-state index in [1.807, 2.05) is 35.1 Å². The van der Waals surface area contributed by atoms with Gasteiger partial charge in [-0.2, -0.15) is 5.10 Å². The molecule has 5 rings (SSSR count). The van der Waals surface area contributed by atoms with E-state index in [0.717, 1.165) is 48.1 Å². The molecular formula is C27H28N4O. The zero-order chi connectivity index (χ0) is 21.9. The van der Waals surface area contributed by atoms with E-state index in [9.17, 15) is 0 Å². The standard InChI is InChI=1S/C27H28N4O/c1-19(14-20-6-4-3-5-7-20)17-29-22-8-10-25-21(15-22)18-31(30-25)27-12-13-28-26-11-9-23(32-2)16-24(26)27/h3-7,9,11-14,16,18,22,29H,8,10,15,17H2,1-2H3. The molecule has 1 N–H and O–H groups in total. The van der Waals surface area contributed by atoms with Crippen LogP contribution in [0.1, 0.15) is 30.2 Å². The number of rotatable bonds is 6. The third-order valence-electron chi connectivity index (χ3n) is 6.13. The van der Waals surface area contributed by atoms with E-state index in [0.29, 0.717) is 6.04 Å². The first-order chi connectivity index (χ1) is 15.7. The van der Waals surface area contributed by atoms with Gasteiger partial charge in [-0.25, -0.2) is 4.68 Å². The molecule has 4 aromatic rings. The van der Waals surface area contributed by atoms with E-state index < -0.39 is 0 Å². The lowest BCUT2D eigenvalue weighted by molar-refractivity contribution is 0.415. The summed E-state index contributed by atoms with van der Waals surface area (Å²) < 4.78 is 7.43. The Bertz CT molecular complexity index is 1260. The second-order valence-corrected chi connectivity index (χ2v) is 8.48. The van der Waals surface area contributed by atoms with Crippen LogP contribution in [0, 0.1) is 0 Å². The molecule has 32 heavy (non-hydrogen) atoms. The van der Waals surface area contributed by atoms with Gasteiger partial charge in [-0.1, -0.05) is 42.0 Å². The van der Waals surface area contributed by atoms with Gasteiger partial charge < -0.3 is 10.1 Å². The summed E-state index contributed by atoms with van der Waals surface area (Å²) in [6.45, 7) is 3.09. The third-order valence-corrected chi connectivity index (χ3v) is 6.13. The molecule has 2 aromatic heterocycles. The summed E-state index contributed by atoms with van der Waals surface area (Å²) in [5.74, 6) is 0.826. The van der Waals surface area contributed by atoms with Crippen molar-refractivity contribution in [3.8, 4) is 11.4 Å². The molecule has 1 atom stereocenters. The predicted molar refractivity (Wildman–Crippen MR) is 129 cm³/mol. The minimum Gasteiger partial charge on any atom is -0.497 e. The molecule has 162 valence electrons. The van der Waals surface area contributed by atoms with E-state index >= 15 is 0 Å². The SMILES string of the molecule is COc1ccc2nccc(-n3cc4c(n3)CCC(NCC(C)=Cc3ccccc3)C4)c2c1. The Morgan fingerprint density at radius 3 is 2.91 bits per heavy atom. The van der Waals surface area contributed by atoms with Crippen molar-refractivity contribution >= 4 is 17.0 Å². The van der Waals surface area contributed by atoms with Crippen LogP contribution < -0.4 is 10.1 Å². The molecule has 0 fully saturated rings. The Morgan fingerprint density at radius 1 is 1.19 bits per heavy atom. The van der Waals surface area contributed by atoms with E-state index in [1.165, 1.54) is 22.4 Å². The van der Waals surface area contributed by atoms with Crippen molar-refractivity contribution < 1.29 is 4.74 Å². The average Bonchev–Trinajstić information content (AvgIpc) is 3.26. The molecule has 0 aliphatic heterocycles. The fraction of sp³-hybridized carbons (Fsp3) is 0.259. The first kappa shape index (κ1) is 20.5. The highest BCUT2D eigenvalue weighted by Gasteiger charge is 2.22. The van der Waals surface area contributed by atoms with Gasteiger partial charge in [0.25, 0.3) is 0 Å². The lowest BCUT2D eigenvalue weighted by Gasteiger charge is -2.22. The number of hydrogen-bond donors (Lipinski definition) is 1. The maximum Gasteiger partial charge on any atom is 0.119 e. The summed E-state index contributed by atoms with van der Waals surface area (Å²) in [6, 6.07) is 18.9. The molecule has 0 bridgehead atoms. The molecule has 5 nitrogen and oxygen atoms in total. The monoisotopic (exact) mass is 424 g/mol. The van der Waals surface area contributed by atoms with Crippen LogP contribution in [0.5, 0.6) is 5.75 Å². The lowest BCUT2D eigenvalue weighted by Crippen LogP contribution is -2.35. The van der Waals surface area contributed by atoms with Crippen LogP contribution in [0.4, 0.5) is 0 Å². The first-order valence-electron chi connectivity index (χ1n) is 11.2. The molecule has 1 aliphatic carbocycles. The van der Waals surface area contributed by atoms with Gasteiger partial charge in [0, 0.05) is 30.4 Å². The minimum absolute atomic E-state index is 0.466. The molecule has 0 saturated heterocycles. The Balaban J connectivity index is 1.32. The zero-order valence-electron chi connectivity index (χ0n) is 18.6. The summed E-state index contributed by atoms with van der Waals surface area (Å²) in [5, 5.41) is 9.71. The molecule has 1 aliphatic rings. The number of aromatic nitrogens is 3. The van der Waals surface area contributed by atoms with Crippen LogP contribution in [0.15, 0.2) is 72.6 Å². The molecule has 2 heterocycles. The summed E-state index contributed by atoms with van der Waals surface area (Å²) in [5.41, 5.74) is 7.10. The van der Waals surface area contributed by atoms with Gasteiger partial charge in [0.1, 0.15) is 5.75 Å². The fourth-order valence-corrected chi connectivity index (χ4v) is 4.43. The Hall–Kier alpha value is -3.44. The van der Waals surface area contributed by atoms with Crippen LogP contribution in [0.3, 0.4) is 0 Å². The normalized spacial score (nSPS) is 16.2. The van der Waals surface area contributed by atoms with Crippen LogP contribution in [0.2, 0.25) is 0 Å². The number of methoxy groups -OCH3 is 1. The van der Waals surface area contributed by atoms with Gasteiger partial charge in [0.15, 0.2) is 0 Å². The van der Waals surface area contributed by atoms with Crippen molar-refractivity contribution in [3.05, 3.63) is 89.4 Å². The van der Waals surface area contributed by atoms with Crippen molar-refractivity contribution in [3.63, 3.8) is 0 Å². The van der Waals surface area contributed by atoms with Gasteiger partial charge in [-0.15, -0.1) is 0 Å². The van der Waals surface area contributed by atoms with Crippen molar-refractivity contribution in [1.82, 2.24) is 20.1 Å². The quantitative estimate of drug-likeness (QED) is 0.474. The van der Waals surface area contributed by atoms with Crippen molar-refractivity contribution in [2.75, 3.05) is 13.7 Å². The fourth-order valence-electron chi connectivity index (χ4n) is 4.43. The van der Waals surface area contributed by atoms with Crippen LogP contribution >= 0.6 is 0 Å². The molecule has 0 radical (unpaired) electrons. The number of ether oxygens (including phenoxy) is 1. The van der Waals surface area contributed by atoms with Gasteiger partial charge in [-0.05, 0) is 61.6 Å². The molecule has 0 amide bonds. The minimum atomic E-state index is 0.466. The summed E-state index contributed by atoms with van der Waals surface area (Å²) in [4.78, 5) is 4.50. The number of aryl methyl sites for hydroxylation is 1. The van der Waals surface area contributed by atoms with Gasteiger partial charge in [-0.3, -0.25) is 4.98 Å². The summed E-state index contributed by atoms with van der Waals surface area (Å²) >= 11 is 0. The van der Waals surface area contributed by atoms with Crippen molar-refractivity contribution in [2.45, 2.75) is 32.2 Å². The second-order valence-electron chi connectivity index (χ2n) is 8.48. The highest BCUT2D eigenvalue weighted by Crippen LogP contribution is 2.27. The van der Waals surface area contributed by atoms with E-state index in [2.05, 4.69) is 59.8 Å². The molecule has 1 unspecified atom stereocenters. The highest BCUT2D eigenvalue weighted by atomic mass is 16.5. The largest absolute Gasteiger partial charge is 0.497 e. The van der Waals surface area contributed by atoms with E-state index in [1.54, 1.807) is 7.11 Å². The molecule has 5 heteroatoms. The summed E-state index contributed by atoms with van der Waals surface area (Å²) in [6.07, 6.45) is 9.38. The zero-order valence-corrected chi connectivity index (χ0v) is 18.6. The topological polar surface area (TPSA) is 52.0 Å². The number of benzene rings is 2. The summed E-state index contributed by atoms with van der Waals surface area (Å²) in [7, 11) is 1.69. The van der Waals surface area contributed by atoms with E-state index in [4.69, 9.17) is 9.84 Å². The second kappa shape index (κ2) is 8.97. The smallest absolute Gasteiger partial charge is 0.119 e. The molecule has 2 aromatic carbocycles. The van der Waals surface area contributed by atoms with Crippen LogP contribution in [-0.2, 0) is 12.8 Å². The van der Waals surface area contributed by atoms with Gasteiger partial charge in [0.2, 0.25) is 0 Å². The van der Waals surface area contributed by atoms with Crippen molar-refractivity contribution in [1.29, 1.82) is 0 Å². The number of hydrogen-bond acceptors (Lipinski definition) is 4. The Labute approximate surface area is 188 Å². The van der Waals surface area contributed by atoms with Crippen molar-refractivity contribution in [2.24, 2.45) is 0 Å². The highest BCUT2D eigenvalue weighted by molar-refractivity contribution is 5.88. The van der Waals surface area contributed by atoms with E-state index in [-0.39, 0.29) is 0 Å². The third kappa shape index (κ3) is 4.30. The average molecular weight is 425 g/mol. The van der Waals surface area contributed by atoms with Crippen LogP contribution in [-0.4, -0.2) is 34.5 Å². The molecular weight excluding hydrogens is 396 g/mol. The van der Waals surface area contributed by atoms with Crippen LogP contribution in [0.25, 0.3) is 22.7 Å². The first-order valence-corrected chi connectivity index (χ1v) is 11.2. The number of fused-ring (bicyclic) bond motifs is 2. The van der Waals surface area contributed by atoms with Gasteiger partial charge in [0.05, 0.1) is 24.0 Å².